The predicted molar refractivity (Wildman–Crippen MR) is 77.7 cm³/mol. The van der Waals surface area contributed by atoms with E-state index >= 15 is 0 Å². The maximum Gasteiger partial charge on any atom is 1.00 e. The summed E-state index contributed by atoms with van der Waals surface area (Å²) in [5.74, 6) is -0.378. The van der Waals surface area contributed by atoms with Gasteiger partial charge in [0.15, 0.2) is 0 Å². The summed E-state index contributed by atoms with van der Waals surface area (Å²) in [7, 11) is 0. The van der Waals surface area contributed by atoms with E-state index in [1.165, 1.54) is 6.79 Å². The van der Waals surface area contributed by atoms with Crippen LogP contribution in [0.1, 0.15) is 40.5 Å². The molecule has 1 aliphatic rings. The van der Waals surface area contributed by atoms with Crippen molar-refractivity contribution in [2.24, 2.45) is 17.3 Å². The minimum absolute atomic E-state index is 0. The standard InChI is InChI=1S/C16H27O4.2K/c1-6-7-11(2)14(17)12(3)15(18)16(4,5)13-8-9-19-10-20-13;;/h6,10-14,17H,1,7-9H2,2-5H3;;/q-1;2*+1/t11?,12?,13?,14-;;/m0../s1. The molecule has 3 unspecified atom stereocenters. The van der Waals surface area contributed by atoms with Crippen molar-refractivity contribution in [3.63, 3.8) is 0 Å². The molecule has 6 heteroatoms. The van der Waals surface area contributed by atoms with Crippen LogP contribution < -0.4 is 103 Å². The largest absolute Gasteiger partial charge is 1.00 e. The van der Waals surface area contributed by atoms with Gasteiger partial charge in [0.2, 0.25) is 0 Å². The quantitative estimate of drug-likeness (QED) is 0.294. The van der Waals surface area contributed by atoms with Crippen LogP contribution in [0.15, 0.2) is 12.7 Å². The SMILES string of the molecule is C=CCC(C)[C@H](O)C(C)C(=O)C(C)(C)C1CCO[CH-]O1.[K+].[K+]. The van der Waals surface area contributed by atoms with Gasteiger partial charge < -0.3 is 14.6 Å². The Morgan fingerprint density at radius 1 is 1.45 bits per heavy atom. The van der Waals surface area contributed by atoms with Crippen LogP contribution in [-0.4, -0.2) is 29.7 Å². The third-order valence-corrected chi connectivity index (χ3v) is 4.27. The van der Waals surface area contributed by atoms with Crippen LogP contribution in [0.5, 0.6) is 0 Å². The van der Waals surface area contributed by atoms with Crippen LogP contribution in [0.3, 0.4) is 0 Å². The van der Waals surface area contributed by atoms with Crippen LogP contribution >= 0.6 is 0 Å². The molecule has 0 aromatic rings. The number of allylic oxidation sites excluding steroid dienone is 1. The van der Waals surface area contributed by atoms with Gasteiger partial charge in [0, 0.05) is 24.0 Å². The van der Waals surface area contributed by atoms with Crippen LogP contribution in [-0.2, 0) is 14.3 Å². The average Bonchev–Trinajstić information content (AvgIpc) is 2.46. The van der Waals surface area contributed by atoms with Crippen molar-refractivity contribution in [2.75, 3.05) is 6.61 Å². The first kappa shape index (κ1) is 26.8. The minimum Gasteiger partial charge on any atom is -0.525 e. The first-order valence-corrected chi connectivity index (χ1v) is 7.24. The number of carbonyl (C=O) groups excluding carboxylic acids is 1. The second-order valence-corrected chi connectivity index (χ2v) is 6.25. The van der Waals surface area contributed by atoms with Crippen LogP contribution in [0.4, 0.5) is 0 Å². The number of Topliss-reactive ketones (excluding diaryl/α,β-unsaturated/α-hetero) is 1. The summed E-state index contributed by atoms with van der Waals surface area (Å²) in [4.78, 5) is 12.7. The Morgan fingerprint density at radius 2 is 2.05 bits per heavy atom. The Hall–Kier alpha value is 2.56. The maximum atomic E-state index is 12.7. The summed E-state index contributed by atoms with van der Waals surface area (Å²) < 4.78 is 10.5. The number of hydrogen-bond donors (Lipinski definition) is 1. The number of hydrogen-bond acceptors (Lipinski definition) is 4. The number of ketones is 1. The molecule has 1 aliphatic heterocycles. The van der Waals surface area contributed by atoms with Gasteiger partial charge in [-0.05, 0) is 18.8 Å². The first-order valence-electron chi connectivity index (χ1n) is 7.24. The van der Waals surface area contributed by atoms with Gasteiger partial charge in [0.25, 0.3) is 0 Å². The Kier molecular flexibility index (Phi) is 15.6. The molecule has 0 aliphatic carbocycles. The number of aliphatic hydroxyl groups is 1. The van der Waals surface area contributed by atoms with E-state index in [4.69, 9.17) is 9.47 Å². The van der Waals surface area contributed by atoms with Crippen molar-refractivity contribution >= 4 is 5.78 Å². The molecule has 1 N–H and O–H groups in total. The second-order valence-electron chi connectivity index (χ2n) is 6.25. The summed E-state index contributed by atoms with van der Waals surface area (Å²) in [6, 6.07) is 0. The molecule has 0 bridgehead atoms. The molecular weight excluding hydrogens is 334 g/mol. The van der Waals surface area contributed by atoms with E-state index in [1.807, 2.05) is 20.8 Å². The van der Waals surface area contributed by atoms with Crippen molar-refractivity contribution < 1.29 is 122 Å². The third-order valence-electron chi connectivity index (χ3n) is 4.27. The summed E-state index contributed by atoms with van der Waals surface area (Å²) in [6.45, 7) is 13.0. The molecule has 0 amide bonds. The van der Waals surface area contributed by atoms with Crippen molar-refractivity contribution in [1.82, 2.24) is 0 Å². The Balaban J connectivity index is 0. The fourth-order valence-corrected chi connectivity index (χ4v) is 2.72. The zero-order valence-electron chi connectivity index (χ0n) is 15.0. The average molecular weight is 362 g/mol. The van der Waals surface area contributed by atoms with Crippen LogP contribution in [0.2, 0.25) is 0 Å². The number of rotatable bonds is 7. The van der Waals surface area contributed by atoms with Crippen LogP contribution in [0, 0.1) is 24.0 Å². The van der Waals surface area contributed by atoms with Gasteiger partial charge in [-0.25, -0.2) is 0 Å². The summed E-state index contributed by atoms with van der Waals surface area (Å²) >= 11 is 0. The molecule has 4 atom stereocenters. The van der Waals surface area contributed by atoms with Crippen molar-refractivity contribution in [2.45, 2.75) is 52.7 Å². The van der Waals surface area contributed by atoms with E-state index in [2.05, 4.69) is 6.58 Å². The molecule has 1 heterocycles. The predicted octanol–water partition coefficient (Wildman–Crippen LogP) is -3.28. The first-order chi connectivity index (χ1) is 9.32. The number of ether oxygens (including phenoxy) is 2. The number of aliphatic hydroxyl groups excluding tert-OH is 1. The van der Waals surface area contributed by atoms with E-state index < -0.39 is 17.4 Å². The van der Waals surface area contributed by atoms with Crippen LogP contribution in [0.25, 0.3) is 0 Å². The smallest absolute Gasteiger partial charge is 0.525 e. The molecule has 1 fully saturated rings. The summed E-state index contributed by atoms with van der Waals surface area (Å²) in [5, 5.41) is 10.3. The molecule has 0 radical (unpaired) electrons. The van der Waals surface area contributed by atoms with Gasteiger partial charge in [0.1, 0.15) is 5.78 Å². The minimum atomic E-state index is -0.663. The molecule has 0 aromatic carbocycles. The van der Waals surface area contributed by atoms with Gasteiger partial charge in [-0.1, -0.05) is 40.6 Å². The molecule has 0 saturated carbocycles. The number of carbonyl (C=O) groups is 1. The monoisotopic (exact) mass is 361 g/mol. The molecular formula is C16H27K2O4+. The summed E-state index contributed by atoms with van der Waals surface area (Å²) in [6.07, 6.45) is 2.28. The van der Waals surface area contributed by atoms with Gasteiger partial charge in [0.05, 0.1) is 6.10 Å². The van der Waals surface area contributed by atoms with Crippen molar-refractivity contribution in [1.29, 1.82) is 0 Å². The van der Waals surface area contributed by atoms with Gasteiger partial charge in [-0.2, -0.15) is 0 Å². The third kappa shape index (κ3) is 7.44. The molecule has 1 saturated heterocycles. The normalized spacial score (nSPS) is 22.5. The molecule has 4 nitrogen and oxygen atoms in total. The molecule has 0 spiro atoms. The van der Waals surface area contributed by atoms with E-state index in [-0.39, 0.29) is 121 Å². The maximum absolute atomic E-state index is 12.7. The Labute approximate surface area is 220 Å². The fourth-order valence-electron chi connectivity index (χ4n) is 2.72. The topological polar surface area (TPSA) is 55.8 Å². The fraction of sp³-hybridized carbons (Fsp3) is 0.750. The van der Waals surface area contributed by atoms with Crippen molar-refractivity contribution in [3.8, 4) is 0 Å². The second kappa shape index (κ2) is 12.8. The molecule has 0 aromatic heterocycles. The Bertz CT molecular complexity index is 341. The zero-order valence-corrected chi connectivity index (χ0v) is 21.2. The van der Waals surface area contributed by atoms with E-state index in [0.29, 0.717) is 19.4 Å². The van der Waals surface area contributed by atoms with E-state index in [0.717, 1.165) is 0 Å². The van der Waals surface area contributed by atoms with Gasteiger partial charge in [-0.15, -0.1) is 6.58 Å². The molecule has 22 heavy (non-hydrogen) atoms. The summed E-state index contributed by atoms with van der Waals surface area (Å²) in [5.41, 5.74) is -0.644. The van der Waals surface area contributed by atoms with E-state index in [9.17, 15) is 9.90 Å². The molecule has 116 valence electrons. The molecule has 1 rings (SSSR count). The Morgan fingerprint density at radius 3 is 2.50 bits per heavy atom. The zero-order chi connectivity index (χ0) is 15.3. The van der Waals surface area contributed by atoms with Gasteiger partial charge in [-0.3, -0.25) is 4.79 Å². The van der Waals surface area contributed by atoms with E-state index in [1.54, 1.807) is 13.0 Å². The van der Waals surface area contributed by atoms with Gasteiger partial charge >= 0.3 is 103 Å². The van der Waals surface area contributed by atoms with Crippen molar-refractivity contribution in [3.05, 3.63) is 19.4 Å².